The zero-order chi connectivity index (χ0) is 16.6. The summed E-state index contributed by atoms with van der Waals surface area (Å²) in [6, 6.07) is 16.8. The third-order valence-electron chi connectivity index (χ3n) is 3.22. The number of hydrogen-bond donors (Lipinski definition) is 1. The van der Waals surface area contributed by atoms with Gasteiger partial charge in [-0.3, -0.25) is 9.78 Å². The van der Waals surface area contributed by atoms with Crippen LogP contribution in [0.4, 0.5) is 0 Å². The van der Waals surface area contributed by atoms with Crippen molar-refractivity contribution in [3.8, 4) is 0 Å². The molecule has 118 valence electrons. The van der Waals surface area contributed by atoms with Crippen LogP contribution in [0.25, 0.3) is 6.08 Å². The maximum Gasteiger partial charge on any atom is 0.264 e. The molecule has 5 nitrogen and oxygen atoms in total. The van der Waals surface area contributed by atoms with Gasteiger partial charge < -0.3 is 4.42 Å². The van der Waals surface area contributed by atoms with E-state index in [-0.39, 0.29) is 5.91 Å². The van der Waals surface area contributed by atoms with E-state index in [1.54, 1.807) is 36.9 Å². The van der Waals surface area contributed by atoms with Gasteiger partial charge in [0, 0.05) is 29.6 Å². The second kappa shape index (κ2) is 7.69. The van der Waals surface area contributed by atoms with E-state index >= 15 is 0 Å². The molecule has 3 aromatic rings. The number of aromatic nitrogens is 1. The predicted octanol–water partition coefficient (Wildman–Crippen LogP) is 3.26. The SMILES string of the molecule is O=C(/C=C/c1ccco1)N/N=C(\c1ccccc1)c1ccncc1. The Hall–Kier alpha value is -3.47. The number of carbonyl (C=O) groups excluding carboxylic acids is 1. The molecular weight excluding hydrogens is 302 g/mol. The van der Waals surface area contributed by atoms with Crippen LogP contribution in [0.2, 0.25) is 0 Å². The number of amides is 1. The number of furan rings is 1. The first-order valence-electron chi connectivity index (χ1n) is 7.38. The van der Waals surface area contributed by atoms with Gasteiger partial charge in [-0.15, -0.1) is 0 Å². The maximum absolute atomic E-state index is 11.9. The van der Waals surface area contributed by atoms with Crippen molar-refractivity contribution >= 4 is 17.7 Å². The molecule has 0 bridgehead atoms. The first kappa shape index (κ1) is 15.4. The van der Waals surface area contributed by atoms with Gasteiger partial charge in [-0.25, -0.2) is 5.43 Å². The molecule has 0 aliphatic rings. The lowest BCUT2D eigenvalue weighted by Crippen LogP contribution is -2.18. The number of hydrogen-bond acceptors (Lipinski definition) is 4. The lowest BCUT2D eigenvalue weighted by molar-refractivity contribution is -0.116. The summed E-state index contributed by atoms with van der Waals surface area (Å²) in [5.74, 6) is 0.264. The molecule has 1 amide bonds. The van der Waals surface area contributed by atoms with E-state index in [0.717, 1.165) is 11.1 Å². The Bertz CT molecular complexity index is 797. The standard InChI is InChI=1S/C19H15N3O2/c23-18(9-8-17-7-4-14-24-17)21-22-19(15-5-2-1-3-6-15)16-10-12-20-13-11-16/h1-14H,(H,21,23)/b9-8+,22-19+. The monoisotopic (exact) mass is 317 g/mol. The van der Waals surface area contributed by atoms with Crippen molar-refractivity contribution in [3.05, 3.63) is 96.2 Å². The Labute approximate surface area is 139 Å². The van der Waals surface area contributed by atoms with Crippen molar-refractivity contribution in [3.63, 3.8) is 0 Å². The molecular formula is C19H15N3O2. The normalized spacial score (nSPS) is 11.6. The summed E-state index contributed by atoms with van der Waals surface area (Å²) < 4.78 is 5.14. The number of nitrogens with one attached hydrogen (secondary N) is 1. The molecule has 0 unspecified atom stereocenters. The minimum Gasteiger partial charge on any atom is -0.465 e. The van der Waals surface area contributed by atoms with Crippen molar-refractivity contribution < 1.29 is 9.21 Å². The summed E-state index contributed by atoms with van der Waals surface area (Å²) in [4.78, 5) is 16.0. The highest BCUT2D eigenvalue weighted by molar-refractivity contribution is 6.13. The Balaban J connectivity index is 1.81. The van der Waals surface area contributed by atoms with Gasteiger partial charge in [0.2, 0.25) is 0 Å². The van der Waals surface area contributed by atoms with E-state index < -0.39 is 0 Å². The molecule has 24 heavy (non-hydrogen) atoms. The van der Waals surface area contributed by atoms with E-state index in [1.807, 2.05) is 42.5 Å². The topological polar surface area (TPSA) is 67.5 Å². The van der Waals surface area contributed by atoms with Gasteiger partial charge in [-0.05, 0) is 30.3 Å². The molecule has 5 heteroatoms. The van der Waals surface area contributed by atoms with Gasteiger partial charge in [-0.1, -0.05) is 30.3 Å². The van der Waals surface area contributed by atoms with Gasteiger partial charge in [0.05, 0.1) is 12.0 Å². The molecule has 2 aromatic heterocycles. The quantitative estimate of drug-likeness (QED) is 0.446. The molecule has 0 atom stereocenters. The fourth-order valence-electron chi connectivity index (χ4n) is 2.09. The minimum absolute atomic E-state index is 0.339. The highest BCUT2D eigenvalue weighted by Gasteiger charge is 2.07. The van der Waals surface area contributed by atoms with Gasteiger partial charge in [0.25, 0.3) is 5.91 Å². The van der Waals surface area contributed by atoms with E-state index in [0.29, 0.717) is 11.5 Å². The fourth-order valence-corrected chi connectivity index (χ4v) is 2.09. The molecule has 0 saturated carbocycles. The molecule has 1 N–H and O–H groups in total. The van der Waals surface area contributed by atoms with Crippen LogP contribution in [0, 0.1) is 0 Å². The predicted molar refractivity (Wildman–Crippen MR) is 92.2 cm³/mol. The van der Waals surface area contributed by atoms with Gasteiger partial charge in [0.1, 0.15) is 5.76 Å². The lowest BCUT2D eigenvalue weighted by atomic mass is 10.0. The second-order valence-electron chi connectivity index (χ2n) is 4.89. The third-order valence-corrected chi connectivity index (χ3v) is 3.22. The molecule has 3 rings (SSSR count). The van der Waals surface area contributed by atoms with Gasteiger partial charge in [0.15, 0.2) is 0 Å². The van der Waals surface area contributed by atoms with Crippen LogP contribution >= 0.6 is 0 Å². The highest BCUT2D eigenvalue weighted by Crippen LogP contribution is 2.09. The van der Waals surface area contributed by atoms with E-state index in [9.17, 15) is 4.79 Å². The van der Waals surface area contributed by atoms with Crippen LogP contribution in [-0.2, 0) is 4.79 Å². The lowest BCUT2D eigenvalue weighted by Gasteiger charge is -2.06. The van der Waals surface area contributed by atoms with Crippen molar-refractivity contribution in [1.82, 2.24) is 10.4 Å². The smallest absolute Gasteiger partial charge is 0.264 e. The number of nitrogens with zero attached hydrogens (tertiary/aromatic N) is 2. The number of hydrazone groups is 1. The Morgan fingerprint density at radius 1 is 1.00 bits per heavy atom. The van der Waals surface area contributed by atoms with E-state index in [1.165, 1.54) is 6.08 Å². The molecule has 1 aromatic carbocycles. The molecule has 0 aliphatic carbocycles. The summed E-state index contributed by atoms with van der Waals surface area (Å²) in [5, 5.41) is 4.27. The van der Waals surface area contributed by atoms with Gasteiger partial charge in [-0.2, -0.15) is 5.10 Å². The maximum atomic E-state index is 11.9. The van der Waals surface area contributed by atoms with E-state index in [4.69, 9.17) is 4.42 Å². The van der Waals surface area contributed by atoms with Crippen LogP contribution in [0.5, 0.6) is 0 Å². The summed E-state index contributed by atoms with van der Waals surface area (Å²) in [6.07, 6.45) is 7.88. The minimum atomic E-state index is -0.339. The number of pyridine rings is 1. The van der Waals surface area contributed by atoms with E-state index in [2.05, 4.69) is 15.5 Å². The van der Waals surface area contributed by atoms with Crippen LogP contribution in [0.15, 0.2) is 88.8 Å². The zero-order valence-corrected chi connectivity index (χ0v) is 12.8. The average Bonchev–Trinajstić information content (AvgIpc) is 3.16. The number of carbonyl (C=O) groups is 1. The summed E-state index contributed by atoms with van der Waals surface area (Å²) in [7, 11) is 0. The number of benzene rings is 1. The Morgan fingerprint density at radius 2 is 1.75 bits per heavy atom. The zero-order valence-electron chi connectivity index (χ0n) is 12.8. The molecule has 0 radical (unpaired) electrons. The third kappa shape index (κ3) is 4.04. The van der Waals surface area contributed by atoms with Crippen molar-refractivity contribution in [2.45, 2.75) is 0 Å². The van der Waals surface area contributed by atoms with Crippen molar-refractivity contribution in [2.24, 2.45) is 5.10 Å². The largest absolute Gasteiger partial charge is 0.465 e. The first-order chi connectivity index (χ1) is 11.8. The summed E-state index contributed by atoms with van der Waals surface area (Å²) >= 11 is 0. The highest BCUT2D eigenvalue weighted by atomic mass is 16.3. The Morgan fingerprint density at radius 3 is 2.46 bits per heavy atom. The van der Waals surface area contributed by atoms with Crippen LogP contribution in [-0.4, -0.2) is 16.6 Å². The molecule has 0 spiro atoms. The average molecular weight is 317 g/mol. The number of rotatable bonds is 5. The van der Waals surface area contributed by atoms with Crippen LogP contribution in [0.1, 0.15) is 16.9 Å². The first-order valence-corrected chi connectivity index (χ1v) is 7.38. The molecule has 0 fully saturated rings. The van der Waals surface area contributed by atoms with Gasteiger partial charge >= 0.3 is 0 Å². The molecule has 0 saturated heterocycles. The van der Waals surface area contributed by atoms with Crippen LogP contribution in [0.3, 0.4) is 0 Å². The molecule has 2 heterocycles. The van der Waals surface area contributed by atoms with Crippen LogP contribution < -0.4 is 5.43 Å². The van der Waals surface area contributed by atoms with Crippen molar-refractivity contribution in [1.29, 1.82) is 0 Å². The summed E-state index contributed by atoms with van der Waals surface area (Å²) in [5.41, 5.74) is 4.98. The van der Waals surface area contributed by atoms with Crippen molar-refractivity contribution in [2.75, 3.05) is 0 Å². The second-order valence-corrected chi connectivity index (χ2v) is 4.89. The Kier molecular flexibility index (Phi) is 4.94. The molecule has 0 aliphatic heterocycles. The summed E-state index contributed by atoms with van der Waals surface area (Å²) in [6.45, 7) is 0. The fraction of sp³-hybridized carbons (Fsp3) is 0.